The highest BCUT2D eigenvalue weighted by molar-refractivity contribution is 9.11. The molecule has 4 nitrogen and oxygen atoms in total. The van der Waals surface area contributed by atoms with Gasteiger partial charge in [-0.15, -0.1) is 0 Å². The summed E-state index contributed by atoms with van der Waals surface area (Å²) < 4.78 is 26.4. The van der Waals surface area contributed by atoms with Crippen LogP contribution >= 0.6 is 27.3 Å². The lowest BCUT2D eigenvalue weighted by atomic mass is 10.2. The molecule has 0 saturated carbocycles. The quantitative estimate of drug-likeness (QED) is 0.909. The van der Waals surface area contributed by atoms with Gasteiger partial charge in [-0.1, -0.05) is 25.2 Å². The molecule has 0 aromatic carbocycles. The minimum atomic E-state index is -3.24. The van der Waals surface area contributed by atoms with Gasteiger partial charge < -0.3 is 0 Å². The Bertz CT molecular complexity index is 414. The van der Waals surface area contributed by atoms with E-state index in [0.717, 1.165) is 3.79 Å². The Morgan fingerprint density at radius 3 is 2.73 bits per heavy atom. The highest BCUT2D eigenvalue weighted by atomic mass is 79.9. The Labute approximate surface area is 102 Å². The second-order valence-corrected chi connectivity index (χ2v) is 7.82. The molecule has 1 N–H and O–H groups in total. The van der Waals surface area contributed by atoms with Crippen LogP contribution < -0.4 is 4.72 Å². The minimum absolute atomic E-state index is 0.141. The number of hydrogen-bond donors (Lipinski definition) is 1. The molecule has 0 unspecified atom stereocenters. The first-order valence-corrected chi connectivity index (χ1v) is 7.77. The maximum Gasteiger partial charge on any atom is 0.234 e. The third-order valence-corrected chi connectivity index (χ3v) is 4.48. The maximum atomic E-state index is 11.6. The number of aromatic nitrogens is 1. The highest BCUT2D eigenvalue weighted by Gasteiger charge is 2.13. The smallest absolute Gasteiger partial charge is 0.234 e. The molecule has 0 radical (unpaired) electrons. The van der Waals surface area contributed by atoms with E-state index >= 15 is 0 Å². The monoisotopic (exact) mass is 312 g/mol. The molecule has 0 spiro atoms. The van der Waals surface area contributed by atoms with Gasteiger partial charge in [0.25, 0.3) is 0 Å². The maximum absolute atomic E-state index is 11.6. The van der Waals surface area contributed by atoms with Gasteiger partial charge in [0.2, 0.25) is 10.0 Å². The zero-order chi connectivity index (χ0) is 11.5. The average molecular weight is 313 g/mol. The molecular formula is C8H13BrN2O2S2. The number of thiazole rings is 1. The number of anilines is 1. The molecule has 1 aromatic heterocycles. The molecule has 0 atom stereocenters. The largest absolute Gasteiger partial charge is 0.259 e. The van der Waals surface area contributed by atoms with Gasteiger partial charge in [0, 0.05) is 0 Å². The SMILES string of the molecule is CC(C)CCS(=O)(=O)Nc1ncc(Br)s1. The molecule has 1 heterocycles. The Hall–Kier alpha value is -0.140. The van der Waals surface area contributed by atoms with Crippen molar-refractivity contribution in [2.24, 2.45) is 5.92 Å². The third kappa shape index (κ3) is 4.94. The van der Waals surface area contributed by atoms with Crippen molar-refractivity contribution < 1.29 is 8.42 Å². The van der Waals surface area contributed by atoms with Crippen molar-refractivity contribution in [3.63, 3.8) is 0 Å². The first-order valence-electron chi connectivity index (χ1n) is 4.51. The number of nitrogens with one attached hydrogen (secondary N) is 1. The topological polar surface area (TPSA) is 59.1 Å². The Kier molecular flexibility index (Phi) is 4.54. The van der Waals surface area contributed by atoms with Gasteiger partial charge in [-0.25, -0.2) is 13.4 Å². The average Bonchev–Trinajstić information content (AvgIpc) is 2.47. The van der Waals surface area contributed by atoms with Crippen molar-refractivity contribution in [2.45, 2.75) is 20.3 Å². The van der Waals surface area contributed by atoms with E-state index in [0.29, 0.717) is 17.5 Å². The Balaban J connectivity index is 2.57. The van der Waals surface area contributed by atoms with Gasteiger partial charge in [0.05, 0.1) is 15.7 Å². The summed E-state index contributed by atoms with van der Waals surface area (Å²) in [6, 6.07) is 0. The lowest BCUT2D eigenvalue weighted by Gasteiger charge is -2.06. The highest BCUT2D eigenvalue weighted by Crippen LogP contribution is 2.24. The van der Waals surface area contributed by atoms with Gasteiger partial charge in [0.1, 0.15) is 0 Å². The minimum Gasteiger partial charge on any atom is -0.259 e. The lowest BCUT2D eigenvalue weighted by molar-refractivity contribution is 0.578. The first kappa shape index (κ1) is 12.9. The standard InChI is InChI=1S/C8H13BrN2O2S2/c1-6(2)3-4-15(12,13)11-8-10-5-7(9)14-8/h5-6H,3-4H2,1-2H3,(H,10,11). The van der Waals surface area contributed by atoms with Crippen molar-refractivity contribution >= 4 is 42.4 Å². The van der Waals surface area contributed by atoms with Crippen LogP contribution in [0.4, 0.5) is 5.13 Å². The van der Waals surface area contributed by atoms with E-state index in [9.17, 15) is 8.42 Å². The fourth-order valence-corrected chi connectivity index (χ4v) is 3.58. The zero-order valence-electron chi connectivity index (χ0n) is 8.53. The van der Waals surface area contributed by atoms with E-state index in [4.69, 9.17) is 0 Å². The molecule has 1 aromatic rings. The van der Waals surface area contributed by atoms with Gasteiger partial charge in [-0.05, 0) is 28.3 Å². The van der Waals surface area contributed by atoms with Gasteiger partial charge in [-0.2, -0.15) is 0 Å². The summed E-state index contributed by atoms with van der Waals surface area (Å²) in [6.07, 6.45) is 2.23. The van der Waals surface area contributed by atoms with Crippen LogP contribution in [0.5, 0.6) is 0 Å². The second-order valence-electron chi connectivity index (χ2n) is 3.57. The van der Waals surface area contributed by atoms with E-state index in [1.807, 2.05) is 13.8 Å². The predicted molar refractivity (Wildman–Crippen MR) is 66.7 cm³/mol. The van der Waals surface area contributed by atoms with E-state index in [2.05, 4.69) is 25.6 Å². The van der Waals surface area contributed by atoms with Crippen molar-refractivity contribution in [1.82, 2.24) is 4.98 Å². The fraction of sp³-hybridized carbons (Fsp3) is 0.625. The van der Waals surface area contributed by atoms with Crippen LogP contribution in [0.2, 0.25) is 0 Å². The van der Waals surface area contributed by atoms with E-state index < -0.39 is 10.0 Å². The molecule has 0 fully saturated rings. The molecule has 0 aliphatic heterocycles. The molecule has 1 rings (SSSR count). The first-order chi connectivity index (χ1) is 6.89. The number of nitrogens with zero attached hydrogens (tertiary/aromatic N) is 1. The van der Waals surface area contributed by atoms with Crippen LogP contribution in [0.15, 0.2) is 9.98 Å². The molecule has 0 bridgehead atoms. The predicted octanol–water partition coefficient (Wildman–Crippen LogP) is 2.69. The van der Waals surface area contributed by atoms with Crippen molar-refractivity contribution in [3.8, 4) is 0 Å². The lowest BCUT2D eigenvalue weighted by Crippen LogP contribution is -2.17. The van der Waals surface area contributed by atoms with E-state index in [-0.39, 0.29) is 5.75 Å². The second kappa shape index (κ2) is 5.27. The Morgan fingerprint density at radius 2 is 2.27 bits per heavy atom. The third-order valence-electron chi connectivity index (χ3n) is 1.68. The molecule has 0 aliphatic rings. The Morgan fingerprint density at radius 1 is 1.60 bits per heavy atom. The van der Waals surface area contributed by atoms with Crippen LogP contribution in [-0.4, -0.2) is 19.2 Å². The van der Waals surface area contributed by atoms with Crippen LogP contribution in [-0.2, 0) is 10.0 Å². The summed E-state index contributed by atoms with van der Waals surface area (Å²) in [5.41, 5.74) is 0. The van der Waals surface area contributed by atoms with Crippen LogP contribution in [0.1, 0.15) is 20.3 Å². The van der Waals surface area contributed by atoms with Gasteiger partial charge >= 0.3 is 0 Å². The van der Waals surface area contributed by atoms with E-state index in [1.165, 1.54) is 11.3 Å². The molecular weight excluding hydrogens is 300 g/mol. The zero-order valence-corrected chi connectivity index (χ0v) is 11.7. The van der Waals surface area contributed by atoms with Crippen molar-refractivity contribution in [2.75, 3.05) is 10.5 Å². The fourth-order valence-electron chi connectivity index (χ4n) is 0.877. The van der Waals surface area contributed by atoms with Crippen molar-refractivity contribution in [3.05, 3.63) is 9.98 Å². The summed E-state index contributed by atoms with van der Waals surface area (Å²) in [4.78, 5) is 3.91. The normalized spacial score (nSPS) is 12.0. The molecule has 0 aliphatic carbocycles. The summed E-state index contributed by atoms with van der Waals surface area (Å²) in [7, 11) is -3.24. The number of sulfonamides is 1. The summed E-state index contributed by atoms with van der Waals surface area (Å²) >= 11 is 4.49. The van der Waals surface area contributed by atoms with E-state index in [1.54, 1.807) is 6.20 Å². The summed E-state index contributed by atoms with van der Waals surface area (Å²) in [5.74, 6) is 0.520. The van der Waals surface area contributed by atoms with Crippen LogP contribution in [0, 0.1) is 5.92 Å². The number of hydrogen-bond acceptors (Lipinski definition) is 4. The van der Waals surface area contributed by atoms with Crippen molar-refractivity contribution in [1.29, 1.82) is 0 Å². The molecule has 7 heteroatoms. The van der Waals surface area contributed by atoms with Gasteiger partial charge in [0.15, 0.2) is 5.13 Å². The molecule has 0 saturated heterocycles. The number of rotatable bonds is 5. The molecule has 0 amide bonds. The number of halogens is 1. The molecule has 86 valence electrons. The van der Waals surface area contributed by atoms with Crippen LogP contribution in [0.3, 0.4) is 0 Å². The summed E-state index contributed by atoms with van der Waals surface area (Å²) in [6.45, 7) is 3.99. The summed E-state index contributed by atoms with van der Waals surface area (Å²) in [5, 5.41) is 0.408. The molecule has 15 heavy (non-hydrogen) atoms. The van der Waals surface area contributed by atoms with Crippen LogP contribution in [0.25, 0.3) is 0 Å². The van der Waals surface area contributed by atoms with Gasteiger partial charge in [-0.3, -0.25) is 4.72 Å².